The maximum atomic E-state index is 10.1. The SMILES string of the molecule is Cc1csc(CC(O)c2sc(C)nc2C)n1. The van der Waals surface area contributed by atoms with Crippen molar-refractivity contribution in [2.24, 2.45) is 0 Å². The van der Waals surface area contributed by atoms with Gasteiger partial charge in [0, 0.05) is 17.5 Å². The molecule has 0 saturated carbocycles. The van der Waals surface area contributed by atoms with E-state index in [9.17, 15) is 5.11 Å². The lowest BCUT2D eigenvalue weighted by molar-refractivity contribution is 0.181. The molecule has 2 rings (SSSR count). The van der Waals surface area contributed by atoms with Crippen LogP contribution in [-0.4, -0.2) is 15.1 Å². The summed E-state index contributed by atoms with van der Waals surface area (Å²) in [7, 11) is 0. The van der Waals surface area contributed by atoms with Gasteiger partial charge < -0.3 is 5.11 Å². The number of nitrogens with zero attached hydrogens (tertiary/aromatic N) is 2. The monoisotopic (exact) mass is 254 g/mol. The predicted octanol–water partition coefficient (Wildman–Crippen LogP) is 2.80. The molecule has 0 spiro atoms. The summed E-state index contributed by atoms with van der Waals surface area (Å²) < 4.78 is 0. The van der Waals surface area contributed by atoms with Crippen LogP contribution in [0.4, 0.5) is 0 Å². The Labute approximate surface area is 103 Å². The molecule has 16 heavy (non-hydrogen) atoms. The highest BCUT2D eigenvalue weighted by Gasteiger charge is 2.16. The summed E-state index contributed by atoms with van der Waals surface area (Å²) >= 11 is 3.16. The summed E-state index contributed by atoms with van der Waals surface area (Å²) in [6.07, 6.45) is 0.109. The summed E-state index contributed by atoms with van der Waals surface area (Å²) in [6.45, 7) is 5.87. The first kappa shape index (κ1) is 11.7. The molecule has 1 N–H and O–H groups in total. The van der Waals surface area contributed by atoms with Crippen LogP contribution in [0.3, 0.4) is 0 Å². The molecule has 2 aromatic rings. The minimum absolute atomic E-state index is 0.475. The number of hydrogen-bond donors (Lipinski definition) is 1. The van der Waals surface area contributed by atoms with E-state index in [2.05, 4.69) is 9.97 Å². The van der Waals surface area contributed by atoms with Crippen molar-refractivity contribution in [3.8, 4) is 0 Å². The van der Waals surface area contributed by atoms with Gasteiger partial charge in [0.1, 0.15) is 0 Å². The maximum Gasteiger partial charge on any atom is 0.0964 e. The molecule has 0 saturated heterocycles. The van der Waals surface area contributed by atoms with E-state index in [0.29, 0.717) is 6.42 Å². The van der Waals surface area contributed by atoms with Gasteiger partial charge in [-0.1, -0.05) is 0 Å². The summed E-state index contributed by atoms with van der Waals surface area (Å²) in [4.78, 5) is 9.64. The van der Waals surface area contributed by atoms with Crippen molar-refractivity contribution in [1.82, 2.24) is 9.97 Å². The van der Waals surface area contributed by atoms with E-state index in [4.69, 9.17) is 0 Å². The van der Waals surface area contributed by atoms with E-state index >= 15 is 0 Å². The fourth-order valence-corrected chi connectivity index (χ4v) is 3.33. The molecule has 0 amide bonds. The van der Waals surface area contributed by atoms with Gasteiger partial charge >= 0.3 is 0 Å². The van der Waals surface area contributed by atoms with Crippen molar-refractivity contribution in [1.29, 1.82) is 0 Å². The highest BCUT2D eigenvalue weighted by Crippen LogP contribution is 2.28. The highest BCUT2D eigenvalue weighted by atomic mass is 32.1. The average molecular weight is 254 g/mol. The number of aliphatic hydroxyl groups is 1. The molecule has 0 aromatic carbocycles. The number of aliphatic hydroxyl groups excluding tert-OH is 1. The van der Waals surface area contributed by atoms with Gasteiger partial charge in [-0.05, 0) is 20.8 Å². The Morgan fingerprint density at radius 3 is 2.56 bits per heavy atom. The first-order valence-electron chi connectivity index (χ1n) is 5.09. The number of hydrogen-bond acceptors (Lipinski definition) is 5. The van der Waals surface area contributed by atoms with Crippen molar-refractivity contribution < 1.29 is 5.11 Å². The number of aromatic nitrogens is 2. The Bertz CT molecular complexity index is 490. The molecule has 0 aliphatic carbocycles. The lowest BCUT2D eigenvalue weighted by atomic mass is 10.2. The van der Waals surface area contributed by atoms with Crippen molar-refractivity contribution in [3.05, 3.63) is 31.7 Å². The molecule has 0 bridgehead atoms. The first-order chi connectivity index (χ1) is 7.56. The van der Waals surface area contributed by atoms with Crippen molar-refractivity contribution >= 4 is 22.7 Å². The zero-order valence-corrected chi connectivity index (χ0v) is 11.2. The molecule has 0 aliphatic heterocycles. The van der Waals surface area contributed by atoms with E-state index in [0.717, 1.165) is 26.3 Å². The van der Waals surface area contributed by atoms with Crippen LogP contribution in [0, 0.1) is 20.8 Å². The fraction of sp³-hybridized carbons (Fsp3) is 0.455. The van der Waals surface area contributed by atoms with Crippen LogP contribution < -0.4 is 0 Å². The van der Waals surface area contributed by atoms with Gasteiger partial charge in [0.15, 0.2) is 0 Å². The summed E-state index contributed by atoms with van der Waals surface area (Å²) in [5, 5.41) is 14.1. The largest absolute Gasteiger partial charge is 0.387 e. The predicted molar refractivity (Wildman–Crippen MR) is 67.1 cm³/mol. The topological polar surface area (TPSA) is 46.0 Å². The smallest absolute Gasteiger partial charge is 0.0964 e. The molecule has 2 heterocycles. The van der Waals surface area contributed by atoms with Gasteiger partial charge in [0.25, 0.3) is 0 Å². The third kappa shape index (κ3) is 2.48. The van der Waals surface area contributed by atoms with Gasteiger partial charge in [0.05, 0.1) is 26.7 Å². The molecule has 5 heteroatoms. The molecule has 0 fully saturated rings. The van der Waals surface area contributed by atoms with Crippen LogP contribution in [0.2, 0.25) is 0 Å². The maximum absolute atomic E-state index is 10.1. The Kier molecular flexibility index (Phi) is 3.37. The summed E-state index contributed by atoms with van der Waals surface area (Å²) in [5.41, 5.74) is 1.95. The minimum atomic E-state index is -0.475. The molecule has 86 valence electrons. The van der Waals surface area contributed by atoms with Gasteiger partial charge in [-0.3, -0.25) is 0 Å². The second-order valence-corrected chi connectivity index (χ2v) is 5.96. The second kappa shape index (κ2) is 4.61. The highest BCUT2D eigenvalue weighted by molar-refractivity contribution is 7.11. The Hall–Kier alpha value is -0.780. The first-order valence-corrected chi connectivity index (χ1v) is 6.79. The summed E-state index contributed by atoms with van der Waals surface area (Å²) in [6, 6.07) is 0. The molecular formula is C11H14N2OS2. The van der Waals surface area contributed by atoms with Crippen molar-refractivity contribution in [2.75, 3.05) is 0 Å². The molecule has 1 unspecified atom stereocenters. The van der Waals surface area contributed by atoms with E-state index in [1.807, 2.05) is 26.2 Å². The zero-order valence-electron chi connectivity index (χ0n) is 9.52. The molecule has 2 aromatic heterocycles. The van der Waals surface area contributed by atoms with Gasteiger partial charge in [-0.25, -0.2) is 9.97 Å². The number of rotatable bonds is 3. The van der Waals surface area contributed by atoms with Crippen LogP contribution in [0.25, 0.3) is 0 Å². The van der Waals surface area contributed by atoms with E-state index in [-0.39, 0.29) is 0 Å². The lowest BCUT2D eigenvalue weighted by Crippen LogP contribution is -2.01. The number of aryl methyl sites for hydroxylation is 3. The molecule has 0 radical (unpaired) electrons. The van der Waals surface area contributed by atoms with E-state index in [1.165, 1.54) is 0 Å². The Morgan fingerprint density at radius 1 is 1.31 bits per heavy atom. The van der Waals surface area contributed by atoms with Crippen LogP contribution in [0.15, 0.2) is 5.38 Å². The molecule has 1 atom stereocenters. The number of thiazole rings is 2. The van der Waals surface area contributed by atoms with Crippen LogP contribution >= 0.6 is 22.7 Å². The zero-order chi connectivity index (χ0) is 11.7. The van der Waals surface area contributed by atoms with Crippen molar-refractivity contribution in [2.45, 2.75) is 33.3 Å². The quantitative estimate of drug-likeness (QED) is 0.916. The standard InChI is InChI=1S/C11H14N2OS2/c1-6-5-15-10(12-6)4-9(14)11-7(2)13-8(3)16-11/h5,9,14H,4H2,1-3H3. The van der Waals surface area contributed by atoms with Gasteiger partial charge in [-0.2, -0.15) is 0 Å². The molecule has 0 aliphatic rings. The van der Waals surface area contributed by atoms with Crippen molar-refractivity contribution in [3.63, 3.8) is 0 Å². The summed E-state index contributed by atoms with van der Waals surface area (Å²) in [5.74, 6) is 0. The van der Waals surface area contributed by atoms with E-state index in [1.54, 1.807) is 22.7 Å². The van der Waals surface area contributed by atoms with Crippen LogP contribution in [0.1, 0.15) is 32.4 Å². The van der Waals surface area contributed by atoms with Gasteiger partial charge in [-0.15, -0.1) is 22.7 Å². The minimum Gasteiger partial charge on any atom is -0.387 e. The van der Waals surface area contributed by atoms with Crippen LogP contribution in [-0.2, 0) is 6.42 Å². The average Bonchev–Trinajstić information content (AvgIpc) is 2.73. The lowest BCUT2D eigenvalue weighted by Gasteiger charge is -2.06. The fourth-order valence-electron chi connectivity index (χ4n) is 1.61. The Morgan fingerprint density at radius 2 is 2.06 bits per heavy atom. The molecule has 3 nitrogen and oxygen atoms in total. The normalized spacial score (nSPS) is 13.0. The molecular weight excluding hydrogens is 240 g/mol. The Balaban J connectivity index is 2.14. The van der Waals surface area contributed by atoms with Crippen LogP contribution in [0.5, 0.6) is 0 Å². The van der Waals surface area contributed by atoms with Gasteiger partial charge in [0.2, 0.25) is 0 Å². The third-order valence-electron chi connectivity index (χ3n) is 2.28. The second-order valence-electron chi connectivity index (χ2n) is 3.79. The van der Waals surface area contributed by atoms with E-state index < -0.39 is 6.10 Å². The third-order valence-corrected chi connectivity index (χ3v) is 4.44.